The number of esters is 2. The van der Waals surface area contributed by atoms with Gasteiger partial charge in [0.1, 0.15) is 19.0 Å². The summed E-state index contributed by atoms with van der Waals surface area (Å²) in [6.07, 6.45) is 3.23. The Morgan fingerprint density at radius 3 is 1.77 bits per heavy atom. The zero-order valence-electron chi connectivity index (χ0n) is 36.5. The van der Waals surface area contributed by atoms with Crippen LogP contribution in [0.4, 0.5) is 17.1 Å². The number of hydrogen-bond acceptors (Lipinski definition) is 11. The van der Waals surface area contributed by atoms with E-state index in [1.54, 1.807) is 30.3 Å². The third-order valence-corrected chi connectivity index (χ3v) is 9.00. The van der Waals surface area contributed by atoms with Crippen molar-refractivity contribution in [1.82, 2.24) is 14.7 Å². The first kappa shape index (κ1) is 50.4. The van der Waals surface area contributed by atoms with Gasteiger partial charge in [-0.2, -0.15) is 0 Å². The van der Waals surface area contributed by atoms with E-state index in [1.807, 2.05) is 70.1 Å². The Labute approximate surface area is 343 Å². The summed E-state index contributed by atoms with van der Waals surface area (Å²) in [4.78, 5) is 41.9. The molecule has 3 aromatic rings. The lowest BCUT2D eigenvalue weighted by atomic mass is 10.1. The third kappa shape index (κ3) is 20.9. The zero-order chi connectivity index (χ0) is 42.6. The summed E-state index contributed by atoms with van der Waals surface area (Å²) in [5.41, 5.74) is 11.6. The number of aryl methyl sites for hydroxylation is 2. The maximum Gasteiger partial charge on any atom is 0.338 e. The van der Waals surface area contributed by atoms with Crippen molar-refractivity contribution in [1.29, 1.82) is 0 Å². The highest BCUT2D eigenvalue weighted by Gasteiger charge is 2.12. The first-order valence-electron chi connectivity index (χ1n) is 20.5. The lowest BCUT2D eigenvalue weighted by molar-refractivity contribution is -0.117. The minimum absolute atomic E-state index is 0.0612. The number of amides is 1. The van der Waals surface area contributed by atoms with Crippen LogP contribution >= 0.6 is 0 Å². The summed E-state index contributed by atoms with van der Waals surface area (Å²) in [5, 5.41) is 6.31. The number of rotatable bonds is 22. The SMILES string of the molecule is CCCCNc1ccc(C(=O)OCCN(C)C)cc1.CCCOc1ccc(C(=O)OCCN(CC)CC)cc1N.CCN(CC)CC(=O)Nc1c(C)cccc1C. The molecule has 0 radical (unpaired) electrons. The zero-order valence-corrected chi connectivity index (χ0v) is 36.5. The molecule has 0 atom stereocenters. The smallest absolute Gasteiger partial charge is 0.338 e. The molecule has 57 heavy (non-hydrogen) atoms. The van der Waals surface area contributed by atoms with Crippen molar-refractivity contribution in [2.75, 3.05) is 103 Å². The Morgan fingerprint density at radius 2 is 1.25 bits per heavy atom. The standard InChI is InChI=1S/C16H26N2O3.C15H24N2O2.C14H22N2O/c1-4-10-20-15-8-7-13(12-14(15)17)16(19)21-11-9-18(5-2)6-3;1-4-5-10-16-14-8-6-13(7-9-14)15(18)19-12-11-17(2)3;1-5-16(6-2)10-13(17)15-14-11(3)8-7-9-12(14)4/h7-8,12H,4-6,9-11,17H2,1-3H3;6-9,16H,4-5,10-12H2,1-3H3;7-9H,5-6,10H2,1-4H3,(H,15,17). The van der Waals surface area contributed by atoms with Crippen LogP contribution in [0.15, 0.2) is 60.7 Å². The highest BCUT2D eigenvalue weighted by atomic mass is 16.5. The molecule has 0 spiro atoms. The molecule has 12 nitrogen and oxygen atoms in total. The highest BCUT2D eigenvalue weighted by molar-refractivity contribution is 5.94. The van der Waals surface area contributed by atoms with Gasteiger partial charge in [-0.25, -0.2) is 9.59 Å². The van der Waals surface area contributed by atoms with Crippen LogP contribution in [-0.4, -0.2) is 119 Å². The second-order valence-electron chi connectivity index (χ2n) is 13.8. The number of nitrogens with one attached hydrogen (secondary N) is 2. The Balaban J connectivity index is 0.000000430. The largest absolute Gasteiger partial charge is 0.491 e. The average Bonchev–Trinajstić information content (AvgIpc) is 3.20. The van der Waals surface area contributed by atoms with Gasteiger partial charge in [-0.15, -0.1) is 0 Å². The van der Waals surface area contributed by atoms with Gasteiger partial charge in [0.05, 0.1) is 30.0 Å². The van der Waals surface area contributed by atoms with Gasteiger partial charge in [0, 0.05) is 31.0 Å². The summed E-state index contributed by atoms with van der Waals surface area (Å²) in [6.45, 7) is 24.5. The number of unbranched alkanes of at least 4 members (excludes halogenated alkanes) is 1. The molecule has 0 aromatic heterocycles. The van der Waals surface area contributed by atoms with Crippen molar-refractivity contribution in [2.45, 2.75) is 74.7 Å². The third-order valence-electron chi connectivity index (χ3n) is 9.00. The molecule has 0 aliphatic rings. The molecular weight excluding hydrogens is 721 g/mol. The fourth-order valence-corrected chi connectivity index (χ4v) is 5.29. The number of nitrogens with zero attached hydrogens (tertiary/aromatic N) is 3. The second-order valence-corrected chi connectivity index (χ2v) is 13.8. The van der Waals surface area contributed by atoms with Gasteiger partial charge >= 0.3 is 11.9 Å². The molecule has 0 unspecified atom stereocenters. The molecule has 0 fully saturated rings. The number of nitrogen functional groups attached to an aromatic ring is 1. The number of anilines is 3. The predicted octanol–water partition coefficient (Wildman–Crippen LogP) is 7.76. The molecule has 3 rings (SSSR count). The normalized spacial score (nSPS) is 10.6. The maximum absolute atomic E-state index is 11.9. The first-order valence-corrected chi connectivity index (χ1v) is 20.5. The van der Waals surface area contributed by atoms with E-state index < -0.39 is 0 Å². The maximum atomic E-state index is 11.9. The van der Waals surface area contributed by atoms with Gasteiger partial charge in [-0.3, -0.25) is 9.69 Å². The fourth-order valence-electron chi connectivity index (χ4n) is 5.29. The molecule has 0 saturated carbocycles. The average molecular weight is 793 g/mol. The van der Waals surface area contributed by atoms with Crippen LogP contribution in [0.1, 0.15) is 92.6 Å². The Bertz CT molecular complexity index is 1550. The number of carbonyl (C=O) groups is 3. The molecule has 1 amide bonds. The lowest BCUT2D eigenvalue weighted by Crippen LogP contribution is -2.33. The minimum Gasteiger partial charge on any atom is -0.491 e. The van der Waals surface area contributed by atoms with Crippen molar-refractivity contribution in [3.63, 3.8) is 0 Å². The van der Waals surface area contributed by atoms with E-state index in [-0.39, 0.29) is 17.8 Å². The topological polar surface area (TPSA) is 139 Å². The van der Waals surface area contributed by atoms with Gasteiger partial charge in [-0.1, -0.05) is 66.2 Å². The lowest BCUT2D eigenvalue weighted by Gasteiger charge is -2.18. The van der Waals surface area contributed by atoms with E-state index in [2.05, 4.69) is 55.1 Å². The van der Waals surface area contributed by atoms with Crippen LogP contribution in [0.5, 0.6) is 5.75 Å². The molecule has 0 aliphatic carbocycles. The highest BCUT2D eigenvalue weighted by Crippen LogP contribution is 2.23. The fraction of sp³-hybridized carbons (Fsp3) is 0.533. The number of para-hydroxylation sites is 1. The van der Waals surface area contributed by atoms with Gasteiger partial charge < -0.3 is 40.4 Å². The van der Waals surface area contributed by atoms with Gasteiger partial charge in [0.15, 0.2) is 0 Å². The molecule has 0 bridgehead atoms. The Morgan fingerprint density at radius 1 is 0.684 bits per heavy atom. The summed E-state index contributed by atoms with van der Waals surface area (Å²) in [5.74, 6) is 0.0560. The van der Waals surface area contributed by atoms with E-state index in [1.165, 1.54) is 6.42 Å². The van der Waals surface area contributed by atoms with Crippen molar-refractivity contribution in [2.24, 2.45) is 0 Å². The molecule has 0 saturated heterocycles. The number of carbonyl (C=O) groups excluding carboxylic acids is 3. The Hall–Kier alpha value is -4.65. The predicted molar refractivity (Wildman–Crippen MR) is 236 cm³/mol. The van der Waals surface area contributed by atoms with Crippen LogP contribution < -0.4 is 21.1 Å². The van der Waals surface area contributed by atoms with Crippen molar-refractivity contribution in [3.8, 4) is 5.75 Å². The van der Waals surface area contributed by atoms with E-state index in [0.717, 1.165) is 81.2 Å². The van der Waals surface area contributed by atoms with Crippen molar-refractivity contribution >= 4 is 34.9 Å². The summed E-state index contributed by atoms with van der Waals surface area (Å²) < 4.78 is 15.9. The second kappa shape index (κ2) is 29.6. The van der Waals surface area contributed by atoms with Gasteiger partial charge in [0.2, 0.25) is 5.91 Å². The summed E-state index contributed by atoms with van der Waals surface area (Å²) in [6, 6.07) is 18.5. The first-order chi connectivity index (χ1) is 27.3. The number of likely N-dealkylation sites (N-methyl/N-ethyl adjacent to an activating group) is 3. The van der Waals surface area contributed by atoms with Crippen molar-refractivity contribution < 1.29 is 28.6 Å². The summed E-state index contributed by atoms with van der Waals surface area (Å²) >= 11 is 0. The van der Waals surface area contributed by atoms with Crippen LogP contribution in [-0.2, 0) is 14.3 Å². The molecule has 4 N–H and O–H groups in total. The molecule has 12 heteroatoms. The monoisotopic (exact) mass is 793 g/mol. The van der Waals surface area contributed by atoms with Gasteiger partial charge in [0.25, 0.3) is 0 Å². The van der Waals surface area contributed by atoms with E-state index in [4.69, 9.17) is 19.9 Å². The summed E-state index contributed by atoms with van der Waals surface area (Å²) in [7, 11) is 3.90. The molecule has 0 aliphatic heterocycles. The molecule has 0 heterocycles. The molecular formula is C45H72N6O6. The van der Waals surface area contributed by atoms with E-state index >= 15 is 0 Å². The van der Waals surface area contributed by atoms with Crippen LogP contribution in [0.25, 0.3) is 0 Å². The number of ether oxygens (including phenoxy) is 3. The quantitative estimate of drug-likeness (QED) is 0.0523. The van der Waals surface area contributed by atoms with Crippen LogP contribution in [0, 0.1) is 13.8 Å². The number of nitrogens with two attached hydrogens (primary N) is 1. The van der Waals surface area contributed by atoms with E-state index in [0.29, 0.717) is 48.9 Å². The molecule has 3 aromatic carbocycles. The van der Waals surface area contributed by atoms with E-state index in [9.17, 15) is 14.4 Å². The number of benzene rings is 3. The van der Waals surface area contributed by atoms with Crippen LogP contribution in [0.2, 0.25) is 0 Å². The number of hydrogen-bond donors (Lipinski definition) is 3. The Kier molecular flexibility index (Phi) is 26.1. The minimum atomic E-state index is -0.351. The van der Waals surface area contributed by atoms with Crippen LogP contribution in [0.3, 0.4) is 0 Å². The van der Waals surface area contributed by atoms with Crippen molar-refractivity contribution in [3.05, 3.63) is 82.9 Å². The van der Waals surface area contributed by atoms with Gasteiger partial charge in [-0.05, 0) is 121 Å². The molecule has 318 valence electrons.